The summed E-state index contributed by atoms with van der Waals surface area (Å²) < 4.78 is 42.6. The van der Waals surface area contributed by atoms with Crippen LogP contribution < -0.4 is 0 Å². The van der Waals surface area contributed by atoms with Gasteiger partial charge in [0.25, 0.3) is 11.7 Å². The molecule has 0 amide bonds. The summed E-state index contributed by atoms with van der Waals surface area (Å²) in [4.78, 5) is 11.0. The predicted octanol–water partition coefficient (Wildman–Crippen LogP) is 4.21. The molecule has 0 saturated carbocycles. The Bertz CT molecular complexity index is 809. The van der Waals surface area contributed by atoms with Crippen molar-refractivity contribution in [2.75, 3.05) is 0 Å². The Morgan fingerprint density at radius 3 is 2.36 bits per heavy atom. The molecule has 1 aromatic carbocycles. The maximum atomic E-state index is 12.4. The fourth-order valence-corrected chi connectivity index (χ4v) is 2.62. The Labute approximate surface area is 126 Å². The lowest BCUT2D eigenvalue weighted by Gasteiger charge is -2.00. The molecule has 0 radical (unpaired) electrons. The van der Waals surface area contributed by atoms with Crippen LogP contribution in [0.15, 0.2) is 46.9 Å². The molecule has 2 aromatic heterocycles. The SMILES string of the molecule is O=C(c1ccc(-c2nnc(-c3ccccc3)o2)s1)C(F)(F)F. The van der Waals surface area contributed by atoms with E-state index in [0.29, 0.717) is 21.8 Å². The number of Topliss-reactive ketones (excluding diaryl/α,β-unsaturated/α-hetero) is 1. The third-order valence-electron chi connectivity index (χ3n) is 2.74. The largest absolute Gasteiger partial charge is 0.455 e. The standard InChI is InChI=1S/C14H7F3N2O2S/c15-14(16,17)11(20)9-6-7-10(22-9)13-19-18-12(21-13)8-4-2-1-3-5-8/h1-7H. The number of nitrogens with zero attached hydrogens (tertiary/aromatic N) is 2. The van der Waals surface area contributed by atoms with Crippen LogP contribution in [0, 0.1) is 0 Å². The molecule has 0 aliphatic rings. The van der Waals surface area contributed by atoms with Crippen LogP contribution in [0.1, 0.15) is 9.67 Å². The summed E-state index contributed by atoms with van der Waals surface area (Å²) >= 11 is 0.664. The smallest absolute Gasteiger partial charge is 0.415 e. The van der Waals surface area contributed by atoms with Crippen molar-refractivity contribution in [2.24, 2.45) is 0 Å². The van der Waals surface area contributed by atoms with E-state index in [9.17, 15) is 18.0 Å². The van der Waals surface area contributed by atoms with E-state index in [2.05, 4.69) is 10.2 Å². The van der Waals surface area contributed by atoms with Crippen molar-refractivity contribution in [3.05, 3.63) is 47.3 Å². The average Bonchev–Trinajstić information content (AvgIpc) is 3.15. The van der Waals surface area contributed by atoms with Crippen LogP contribution in [-0.2, 0) is 0 Å². The van der Waals surface area contributed by atoms with Gasteiger partial charge in [0.1, 0.15) is 0 Å². The second kappa shape index (κ2) is 5.38. The van der Waals surface area contributed by atoms with Crippen LogP contribution in [0.25, 0.3) is 22.2 Å². The molecular formula is C14H7F3N2O2S. The first-order valence-electron chi connectivity index (χ1n) is 6.06. The lowest BCUT2D eigenvalue weighted by molar-refractivity contribution is -0.0882. The van der Waals surface area contributed by atoms with E-state index < -0.39 is 16.8 Å². The lowest BCUT2D eigenvalue weighted by atomic mass is 10.2. The van der Waals surface area contributed by atoms with E-state index in [1.165, 1.54) is 6.07 Å². The molecule has 0 aliphatic heterocycles. The number of aromatic nitrogens is 2. The zero-order valence-corrected chi connectivity index (χ0v) is 11.6. The Hall–Kier alpha value is -2.48. The Morgan fingerprint density at radius 1 is 1.00 bits per heavy atom. The van der Waals surface area contributed by atoms with Gasteiger partial charge in [-0.3, -0.25) is 4.79 Å². The van der Waals surface area contributed by atoms with Crippen molar-refractivity contribution >= 4 is 17.1 Å². The molecule has 2 heterocycles. The number of thiophene rings is 1. The number of alkyl halides is 3. The Balaban J connectivity index is 1.89. The van der Waals surface area contributed by atoms with Crippen molar-refractivity contribution in [3.63, 3.8) is 0 Å². The Kier molecular flexibility index (Phi) is 3.53. The fraction of sp³-hybridized carbons (Fsp3) is 0.0714. The zero-order chi connectivity index (χ0) is 15.7. The molecule has 3 aromatic rings. The van der Waals surface area contributed by atoms with Crippen LogP contribution in [-0.4, -0.2) is 22.2 Å². The van der Waals surface area contributed by atoms with Crippen LogP contribution >= 0.6 is 11.3 Å². The second-order valence-electron chi connectivity index (χ2n) is 4.27. The van der Waals surface area contributed by atoms with Gasteiger partial charge < -0.3 is 4.42 Å². The molecule has 22 heavy (non-hydrogen) atoms. The highest BCUT2D eigenvalue weighted by Gasteiger charge is 2.40. The van der Waals surface area contributed by atoms with Gasteiger partial charge in [0.15, 0.2) is 0 Å². The van der Waals surface area contributed by atoms with Gasteiger partial charge in [-0.15, -0.1) is 21.5 Å². The molecule has 0 saturated heterocycles. The third kappa shape index (κ3) is 2.77. The van der Waals surface area contributed by atoms with E-state index in [1.807, 2.05) is 6.07 Å². The molecule has 112 valence electrons. The molecule has 0 aliphatic carbocycles. The molecule has 0 bridgehead atoms. The van der Waals surface area contributed by atoms with Crippen molar-refractivity contribution in [2.45, 2.75) is 6.18 Å². The topological polar surface area (TPSA) is 56.0 Å². The van der Waals surface area contributed by atoms with E-state index in [1.54, 1.807) is 24.3 Å². The van der Waals surface area contributed by atoms with E-state index >= 15 is 0 Å². The number of hydrogen-bond acceptors (Lipinski definition) is 5. The molecule has 3 rings (SSSR count). The van der Waals surface area contributed by atoms with E-state index in [0.717, 1.165) is 6.07 Å². The maximum Gasteiger partial charge on any atom is 0.455 e. The first-order valence-corrected chi connectivity index (χ1v) is 6.87. The van der Waals surface area contributed by atoms with Crippen LogP contribution in [0.4, 0.5) is 13.2 Å². The summed E-state index contributed by atoms with van der Waals surface area (Å²) in [5, 5.41) is 7.65. The van der Waals surface area contributed by atoms with E-state index in [-0.39, 0.29) is 11.8 Å². The van der Waals surface area contributed by atoms with Gasteiger partial charge in [-0.2, -0.15) is 13.2 Å². The molecule has 0 N–H and O–H groups in total. The van der Waals surface area contributed by atoms with Gasteiger partial charge in [0, 0.05) is 5.56 Å². The molecule has 0 spiro atoms. The number of hydrogen-bond donors (Lipinski definition) is 0. The van der Waals surface area contributed by atoms with Gasteiger partial charge in [0.2, 0.25) is 5.89 Å². The summed E-state index contributed by atoms with van der Waals surface area (Å²) in [6.07, 6.45) is -4.90. The van der Waals surface area contributed by atoms with Crippen LogP contribution in [0.5, 0.6) is 0 Å². The average molecular weight is 324 g/mol. The quantitative estimate of drug-likeness (QED) is 0.677. The molecule has 4 nitrogen and oxygen atoms in total. The van der Waals surface area contributed by atoms with Crippen LogP contribution in [0.2, 0.25) is 0 Å². The van der Waals surface area contributed by atoms with Crippen molar-refractivity contribution in [1.82, 2.24) is 10.2 Å². The maximum absolute atomic E-state index is 12.4. The number of carbonyl (C=O) groups is 1. The second-order valence-corrected chi connectivity index (χ2v) is 5.35. The minimum atomic E-state index is -4.90. The minimum Gasteiger partial charge on any atom is -0.415 e. The van der Waals surface area contributed by atoms with Gasteiger partial charge in [-0.1, -0.05) is 18.2 Å². The Morgan fingerprint density at radius 2 is 1.68 bits per heavy atom. The third-order valence-corrected chi connectivity index (χ3v) is 3.82. The molecule has 0 unspecified atom stereocenters. The monoisotopic (exact) mass is 324 g/mol. The summed E-state index contributed by atoms with van der Waals surface area (Å²) in [6, 6.07) is 11.4. The first kappa shape index (κ1) is 14.5. The first-order chi connectivity index (χ1) is 10.4. The number of ketones is 1. The van der Waals surface area contributed by atoms with Crippen molar-refractivity contribution in [3.8, 4) is 22.2 Å². The summed E-state index contributed by atoms with van der Waals surface area (Å²) in [6.45, 7) is 0. The van der Waals surface area contributed by atoms with Crippen molar-refractivity contribution in [1.29, 1.82) is 0 Å². The van der Waals surface area contributed by atoms with Crippen molar-refractivity contribution < 1.29 is 22.4 Å². The molecule has 0 fully saturated rings. The summed E-state index contributed by atoms with van der Waals surface area (Å²) in [5.74, 6) is -1.55. The highest BCUT2D eigenvalue weighted by molar-refractivity contribution is 7.17. The number of halogens is 3. The van der Waals surface area contributed by atoms with E-state index in [4.69, 9.17) is 4.42 Å². The van der Waals surface area contributed by atoms with Gasteiger partial charge >= 0.3 is 6.18 Å². The highest BCUT2D eigenvalue weighted by Crippen LogP contribution is 2.32. The predicted molar refractivity (Wildman–Crippen MR) is 73.4 cm³/mol. The minimum absolute atomic E-state index is 0.0741. The number of benzene rings is 1. The zero-order valence-electron chi connectivity index (χ0n) is 10.8. The van der Waals surface area contributed by atoms with Gasteiger partial charge in [0.05, 0.1) is 9.75 Å². The van der Waals surface area contributed by atoms with Gasteiger partial charge in [-0.05, 0) is 24.3 Å². The molecule has 0 atom stereocenters. The lowest BCUT2D eigenvalue weighted by Crippen LogP contribution is -2.21. The molecule has 8 heteroatoms. The van der Waals surface area contributed by atoms with Crippen LogP contribution in [0.3, 0.4) is 0 Å². The summed E-state index contributed by atoms with van der Waals surface area (Å²) in [7, 11) is 0. The highest BCUT2D eigenvalue weighted by atomic mass is 32.1. The summed E-state index contributed by atoms with van der Waals surface area (Å²) in [5.41, 5.74) is 0.699. The fourth-order valence-electron chi connectivity index (χ4n) is 1.73. The number of rotatable bonds is 3. The number of carbonyl (C=O) groups excluding carboxylic acids is 1. The van der Waals surface area contributed by atoms with Gasteiger partial charge in [-0.25, -0.2) is 0 Å². The molecular weight excluding hydrogens is 317 g/mol. The normalized spacial score (nSPS) is 11.6.